The van der Waals surface area contributed by atoms with E-state index in [1.165, 1.54) is 31.7 Å². The number of hydrogen-bond acceptors (Lipinski definition) is 5. The molecule has 1 saturated carbocycles. The third kappa shape index (κ3) is 3.73. The largest absolute Gasteiger partial charge is 0.373 e. The lowest BCUT2D eigenvalue weighted by atomic mass is 10.0. The highest BCUT2D eigenvalue weighted by molar-refractivity contribution is 6.35. The molecule has 0 bridgehead atoms. The van der Waals surface area contributed by atoms with Crippen LogP contribution in [0.2, 0.25) is 5.02 Å². The quantitative estimate of drug-likeness (QED) is 0.354. The summed E-state index contributed by atoms with van der Waals surface area (Å²) in [7, 11) is 0. The number of benzene rings is 1. The van der Waals surface area contributed by atoms with Gasteiger partial charge in [-0.2, -0.15) is 5.10 Å². The Labute approximate surface area is 188 Å². The summed E-state index contributed by atoms with van der Waals surface area (Å²) in [6, 6.07) is -1.33. The summed E-state index contributed by atoms with van der Waals surface area (Å²) in [5.74, 6) is -1.84. The minimum atomic E-state index is -2.73. The summed E-state index contributed by atoms with van der Waals surface area (Å²) in [5.41, 5.74) is 0.778. The number of carbonyl (C=O) groups excluding carboxylic acids is 1. The Morgan fingerprint density at radius 1 is 1.33 bits per heavy atom. The zero-order valence-corrected chi connectivity index (χ0v) is 17.7. The van der Waals surface area contributed by atoms with Crippen LogP contribution in [0.4, 0.5) is 29.1 Å². The molecule has 172 valence electrons. The van der Waals surface area contributed by atoms with Gasteiger partial charge in [0.05, 0.1) is 52.5 Å². The second-order valence-corrected chi connectivity index (χ2v) is 8.19. The Hall–Kier alpha value is -3.41. The second-order valence-electron chi connectivity index (χ2n) is 7.82. The number of aromatic amines is 1. The average Bonchev–Trinajstić information content (AvgIpc) is 3.15. The van der Waals surface area contributed by atoms with Crippen LogP contribution in [0.15, 0.2) is 24.8 Å². The Kier molecular flexibility index (Phi) is 5.11. The fraction of sp³-hybridized carbons (Fsp3) is 0.300. The highest BCUT2D eigenvalue weighted by Gasteiger charge is 2.43. The van der Waals surface area contributed by atoms with Crippen LogP contribution in [0, 0.1) is 11.7 Å². The van der Waals surface area contributed by atoms with Gasteiger partial charge in [0.15, 0.2) is 17.3 Å². The molecular weight excluding hydrogens is 466 g/mol. The van der Waals surface area contributed by atoms with E-state index in [1.54, 1.807) is 4.40 Å². The molecule has 4 aromatic rings. The lowest BCUT2D eigenvalue weighted by Crippen LogP contribution is -2.24. The van der Waals surface area contributed by atoms with E-state index in [4.69, 9.17) is 11.6 Å². The van der Waals surface area contributed by atoms with E-state index < -0.39 is 36.3 Å². The Morgan fingerprint density at radius 2 is 2.09 bits per heavy atom. The van der Waals surface area contributed by atoms with Gasteiger partial charge in [-0.25, -0.2) is 22.5 Å². The summed E-state index contributed by atoms with van der Waals surface area (Å²) in [5, 5.41) is 11.6. The first-order valence-electron chi connectivity index (χ1n) is 9.93. The standard InChI is InChI=1S/C20H16ClF4N7O/c1-7(19(24)25)28-18-16(23)15(21)14(9-3-27-31-17(9)18)11-5-32-6-12(29-13(32)4-26-11)30-20(33)8-2-10(8)22/h3-8,10,19,28H,2H2,1H3,(H,27,31)(H,30,33). The fourth-order valence-corrected chi connectivity index (χ4v) is 3.83. The van der Waals surface area contributed by atoms with Crippen molar-refractivity contribution in [2.45, 2.75) is 32.0 Å². The number of nitrogens with one attached hydrogen (secondary N) is 3. The normalized spacial score (nSPS) is 18.8. The van der Waals surface area contributed by atoms with E-state index in [9.17, 15) is 18.0 Å². The highest BCUT2D eigenvalue weighted by atomic mass is 35.5. The van der Waals surface area contributed by atoms with Crippen LogP contribution < -0.4 is 10.6 Å². The van der Waals surface area contributed by atoms with Gasteiger partial charge in [-0.1, -0.05) is 11.6 Å². The van der Waals surface area contributed by atoms with Crippen LogP contribution in [0.1, 0.15) is 13.3 Å². The van der Waals surface area contributed by atoms with Crippen LogP contribution in [0.25, 0.3) is 27.8 Å². The van der Waals surface area contributed by atoms with E-state index in [0.717, 1.165) is 0 Å². The number of hydrogen-bond donors (Lipinski definition) is 3. The molecule has 8 nitrogen and oxygen atoms in total. The van der Waals surface area contributed by atoms with Crippen molar-refractivity contribution in [3.63, 3.8) is 0 Å². The average molecular weight is 482 g/mol. The monoisotopic (exact) mass is 481 g/mol. The zero-order chi connectivity index (χ0) is 23.4. The van der Waals surface area contributed by atoms with E-state index in [-0.39, 0.29) is 39.7 Å². The lowest BCUT2D eigenvalue weighted by Gasteiger charge is -2.17. The topological polar surface area (TPSA) is 100 Å². The zero-order valence-electron chi connectivity index (χ0n) is 16.9. The number of imidazole rings is 1. The maximum absolute atomic E-state index is 15.1. The predicted molar refractivity (Wildman–Crippen MR) is 114 cm³/mol. The highest BCUT2D eigenvalue weighted by Crippen LogP contribution is 2.41. The summed E-state index contributed by atoms with van der Waals surface area (Å²) in [4.78, 5) is 20.5. The van der Waals surface area contributed by atoms with Crippen molar-refractivity contribution >= 4 is 45.6 Å². The molecule has 1 aliphatic carbocycles. The van der Waals surface area contributed by atoms with Crippen LogP contribution >= 0.6 is 11.6 Å². The molecule has 1 aromatic carbocycles. The molecule has 0 saturated heterocycles. The molecule has 1 fully saturated rings. The molecule has 1 aliphatic rings. The third-order valence-corrected chi connectivity index (χ3v) is 5.79. The van der Waals surface area contributed by atoms with Crippen molar-refractivity contribution in [1.29, 1.82) is 0 Å². The molecule has 3 aromatic heterocycles. The number of H-pyrrole nitrogens is 1. The molecule has 5 rings (SSSR count). The van der Waals surface area contributed by atoms with Crippen LogP contribution in [0.3, 0.4) is 0 Å². The van der Waals surface area contributed by atoms with Crippen molar-refractivity contribution in [2.75, 3.05) is 10.6 Å². The second kappa shape index (κ2) is 7.87. The van der Waals surface area contributed by atoms with Gasteiger partial charge in [-0.15, -0.1) is 0 Å². The van der Waals surface area contributed by atoms with Gasteiger partial charge in [0.25, 0.3) is 6.43 Å². The van der Waals surface area contributed by atoms with Gasteiger partial charge in [0.2, 0.25) is 5.91 Å². The maximum Gasteiger partial charge on any atom is 0.258 e. The Morgan fingerprint density at radius 3 is 2.79 bits per heavy atom. The molecule has 3 atom stereocenters. The van der Waals surface area contributed by atoms with Gasteiger partial charge in [0.1, 0.15) is 6.17 Å². The Bertz CT molecular complexity index is 1390. The van der Waals surface area contributed by atoms with Crippen molar-refractivity contribution in [3.8, 4) is 11.3 Å². The summed E-state index contributed by atoms with van der Waals surface area (Å²) >= 11 is 6.31. The predicted octanol–water partition coefficient (Wildman–Crippen LogP) is 4.43. The molecule has 3 N–H and O–H groups in total. The summed E-state index contributed by atoms with van der Waals surface area (Å²) < 4.78 is 55.8. The molecule has 33 heavy (non-hydrogen) atoms. The lowest BCUT2D eigenvalue weighted by molar-refractivity contribution is -0.117. The van der Waals surface area contributed by atoms with Crippen molar-refractivity contribution in [2.24, 2.45) is 5.92 Å². The van der Waals surface area contributed by atoms with Crippen molar-refractivity contribution < 1.29 is 22.4 Å². The number of fused-ring (bicyclic) bond motifs is 2. The number of anilines is 2. The first-order chi connectivity index (χ1) is 15.7. The van der Waals surface area contributed by atoms with Gasteiger partial charge < -0.3 is 15.0 Å². The summed E-state index contributed by atoms with van der Waals surface area (Å²) in [6.45, 7) is 1.22. The number of rotatable bonds is 6. The SMILES string of the molecule is CC(Nc1c(F)c(Cl)c(-c2cn3cc(NC(=O)C4CC4F)nc3cn2)c2cn[nH]c12)C(F)F. The van der Waals surface area contributed by atoms with E-state index >= 15 is 4.39 Å². The first kappa shape index (κ1) is 21.4. The van der Waals surface area contributed by atoms with Gasteiger partial charge in [0, 0.05) is 17.1 Å². The fourth-order valence-electron chi connectivity index (χ4n) is 3.53. The number of halogens is 5. The Balaban J connectivity index is 1.54. The van der Waals surface area contributed by atoms with Gasteiger partial charge in [-0.05, 0) is 13.3 Å². The number of carbonyl (C=O) groups is 1. The van der Waals surface area contributed by atoms with Crippen LogP contribution in [0.5, 0.6) is 0 Å². The molecule has 0 spiro atoms. The minimum absolute atomic E-state index is 0.157. The molecule has 0 radical (unpaired) electrons. The van der Waals surface area contributed by atoms with Crippen molar-refractivity contribution in [1.82, 2.24) is 24.6 Å². The molecular formula is C20H16ClF4N7O. The molecule has 13 heteroatoms. The number of aromatic nitrogens is 5. The number of alkyl halides is 3. The minimum Gasteiger partial charge on any atom is -0.373 e. The molecule has 1 amide bonds. The van der Waals surface area contributed by atoms with Gasteiger partial charge >= 0.3 is 0 Å². The van der Waals surface area contributed by atoms with Crippen molar-refractivity contribution in [3.05, 3.63) is 35.6 Å². The summed E-state index contributed by atoms with van der Waals surface area (Å²) in [6.07, 6.45) is 2.15. The maximum atomic E-state index is 15.1. The van der Waals surface area contributed by atoms with E-state index in [2.05, 4.69) is 30.8 Å². The first-order valence-corrected chi connectivity index (χ1v) is 10.3. The number of amides is 1. The third-order valence-electron chi connectivity index (χ3n) is 5.44. The molecule has 0 aliphatic heterocycles. The van der Waals surface area contributed by atoms with Crippen LogP contribution in [-0.4, -0.2) is 49.1 Å². The van der Waals surface area contributed by atoms with E-state index in [1.807, 2.05) is 0 Å². The number of nitrogens with zero attached hydrogens (tertiary/aromatic N) is 4. The van der Waals surface area contributed by atoms with Gasteiger partial charge in [-0.3, -0.25) is 14.9 Å². The molecule has 3 unspecified atom stereocenters. The van der Waals surface area contributed by atoms with Crippen LogP contribution in [-0.2, 0) is 4.79 Å². The molecule has 3 heterocycles. The smallest absolute Gasteiger partial charge is 0.258 e. The van der Waals surface area contributed by atoms with E-state index in [0.29, 0.717) is 11.0 Å².